The van der Waals surface area contributed by atoms with E-state index in [0.717, 1.165) is 22.3 Å². The number of aliphatic hydroxyl groups is 1. The van der Waals surface area contributed by atoms with E-state index < -0.39 is 6.04 Å². The molecule has 0 heterocycles. The van der Waals surface area contributed by atoms with Crippen molar-refractivity contribution in [2.75, 3.05) is 0 Å². The smallest absolute Gasteiger partial charge is 0.241 e. The van der Waals surface area contributed by atoms with Crippen molar-refractivity contribution in [1.29, 1.82) is 0 Å². The van der Waals surface area contributed by atoms with Crippen LogP contribution < -0.4 is 11.1 Å². The number of carbonyl (C=O) groups is 1. The fourth-order valence-corrected chi connectivity index (χ4v) is 1.99. The van der Waals surface area contributed by atoms with Crippen LogP contribution in [0.5, 0.6) is 0 Å². The number of aliphatic hydroxyl groups excluding tert-OH is 1. The van der Waals surface area contributed by atoms with Gasteiger partial charge in [0, 0.05) is 6.54 Å². The van der Waals surface area contributed by atoms with Gasteiger partial charge < -0.3 is 16.2 Å². The van der Waals surface area contributed by atoms with Gasteiger partial charge in [-0.05, 0) is 23.6 Å². The molecule has 0 fully saturated rings. The average molecular weight is 284 g/mol. The Morgan fingerprint density at radius 1 is 1.10 bits per heavy atom. The first-order valence-electron chi connectivity index (χ1n) is 6.88. The molecule has 0 spiro atoms. The Bertz CT molecular complexity index is 591. The highest BCUT2D eigenvalue weighted by atomic mass is 16.3. The first-order valence-corrected chi connectivity index (χ1v) is 6.88. The monoisotopic (exact) mass is 284 g/mol. The standard InChI is InChI=1S/C17H20N2O2/c1-12-2-8-15(9-3-12)16(18)17(21)19-10-13-4-6-14(11-20)7-5-13/h2-9,16,20H,10-11,18H2,1H3,(H,19,21). The van der Waals surface area contributed by atoms with E-state index in [9.17, 15) is 4.79 Å². The normalized spacial score (nSPS) is 12.0. The molecule has 110 valence electrons. The zero-order valence-corrected chi connectivity index (χ0v) is 12.0. The maximum atomic E-state index is 12.0. The second kappa shape index (κ2) is 7.02. The predicted octanol–water partition coefficient (Wildman–Crippen LogP) is 1.80. The van der Waals surface area contributed by atoms with Gasteiger partial charge in [0.2, 0.25) is 5.91 Å². The molecule has 2 rings (SSSR count). The summed E-state index contributed by atoms with van der Waals surface area (Å²) in [5.74, 6) is -0.204. The van der Waals surface area contributed by atoms with E-state index in [4.69, 9.17) is 10.8 Å². The van der Waals surface area contributed by atoms with Crippen molar-refractivity contribution in [2.45, 2.75) is 26.1 Å². The minimum absolute atomic E-state index is 0.0188. The van der Waals surface area contributed by atoms with Gasteiger partial charge in [0.05, 0.1) is 6.61 Å². The lowest BCUT2D eigenvalue weighted by Gasteiger charge is -2.13. The number of carbonyl (C=O) groups excluding carboxylic acids is 1. The van der Waals surface area contributed by atoms with Crippen molar-refractivity contribution >= 4 is 5.91 Å². The van der Waals surface area contributed by atoms with Gasteiger partial charge in [-0.3, -0.25) is 4.79 Å². The van der Waals surface area contributed by atoms with Crippen LogP contribution in [0.2, 0.25) is 0 Å². The Kier molecular flexibility index (Phi) is 5.09. The van der Waals surface area contributed by atoms with Gasteiger partial charge in [-0.25, -0.2) is 0 Å². The van der Waals surface area contributed by atoms with Crippen molar-refractivity contribution in [3.05, 3.63) is 70.8 Å². The molecule has 4 N–H and O–H groups in total. The molecule has 0 aromatic heterocycles. The Hall–Kier alpha value is -2.17. The predicted molar refractivity (Wildman–Crippen MR) is 82.3 cm³/mol. The Balaban J connectivity index is 1.92. The minimum Gasteiger partial charge on any atom is -0.392 e. The van der Waals surface area contributed by atoms with Crippen molar-refractivity contribution in [3.8, 4) is 0 Å². The number of nitrogens with one attached hydrogen (secondary N) is 1. The summed E-state index contributed by atoms with van der Waals surface area (Å²) in [7, 11) is 0. The molecule has 2 aromatic carbocycles. The van der Waals surface area contributed by atoms with Gasteiger partial charge in [-0.15, -0.1) is 0 Å². The molecule has 0 aliphatic carbocycles. The lowest BCUT2D eigenvalue weighted by atomic mass is 10.1. The molecule has 1 unspecified atom stereocenters. The highest BCUT2D eigenvalue weighted by Crippen LogP contribution is 2.12. The topological polar surface area (TPSA) is 75.4 Å². The molecule has 0 saturated heterocycles. The number of benzene rings is 2. The van der Waals surface area contributed by atoms with E-state index in [0.29, 0.717) is 6.54 Å². The summed E-state index contributed by atoms with van der Waals surface area (Å²) in [6, 6.07) is 14.4. The Labute approximate surface area is 124 Å². The van der Waals surface area contributed by atoms with Crippen molar-refractivity contribution in [1.82, 2.24) is 5.32 Å². The molecular formula is C17H20N2O2. The third-order valence-corrected chi connectivity index (χ3v) is 3.39. The van der Waals surface area contributed by atoms with Crippen molar-refractivity contribution < 1.29 is 9.90 Å². The second-order valence-corrected chi connectivity index (χ2v) is 5.08. The number of hydrogen-bond donors (Lipinski definition) is 3. The fourth-order valence-electron chi connectivity index (χ4n) is 1.99. The van der Waals surface area contributed by atoms with Crippen molar-refractivity contribution in [2.24, 2.45) is 5.73 Å². The molecule has 4 heteroatoms. The highest BCUT2D eigenvalue weighted by Gasteiger charge is 2.14. The highest BCUT2D eigenvalue weighted by molar-refractivity contribution is 5.82. The van der Waals surface area contributed by atoms with Crippen LogP contribution in [0.3, 0.4) is 0 Å². The largest absolute Gasteiger partial charge is 0.392 e. The van der Waals surface area contributed by atoms with E-state index >= 15 is 0 Å². The molecule has 4 nitrogen and oxygen atoms in total. The van der Waals surface area contributed by atoms with Gasteiger partial charge in [0.25, 0.3) is 0 Å². The average Bonchev–Trinajstić information content (AvgIpc) is 2.53. The summed E-state index contributed by atoms with van der Waals surface area (Å²) in [6.07, 6.45) is 0. The molecule has 21 heavy (non-hydrogen) atoms. The molecule has 0 radical (unpaired) electrons. The van der Waals surface area contributed by atoms with Gasteiger partial charge in [-0.1, -0.05) is 54.1 Å². The maximum Gasteiger partial charge on any atom is 0.241 e. The van der Waals surface area contributed by atoms with Crippen LogP contribution in [-0.4, -0.2) is 11.0 Å². The Morgan fingerprint density at radius 2 is 1.67 bits per heavy atom. The Morgan fingerprint density at radius 3 is 2.24 bits per heavy atom. The summed E-state index contributed by atoms with van der Waals surface area (Å²) >= 11 is 0. The molecule has 0 aliphatic rings. The second-order valence-electron chi connectivity index (χ2n) is 5.08. The molecule has 2 aromatic rings. The fraction of sp³-hybridized carbons (Fsp3) is 0.235. The van der Waals surface area contributed by atoms with E-state index in [-0.39, 0.29) is 12.5 Å². The molecule has 0 aliphatic heterocycles. The summed E-state index contributed by atoms with van der Waals surface area (Å²) in [4.78, 5) is 12.0. The van der Waals surface area contributed by atoms with Crippen LogP contribution in [0, 0.1) is 6.92 Å². The third-order valence-electron chi connectivity index (χ3n) is 3.39. The van der Waals surface area contributed by atoms with E-state index in [1.165, 1.54) is 0 Å². The van der Waals surface area contributed by atoms with E-state index in [1.807, 2.05) is 55.5 Å². The first kappa shape index (κ1) is 15.2. The molecule has 0 bridgehead atoms. The van der Waals surface area contributed by atoms with Gasteiger partial charge in [-0.2, -0.15) is 0 Å². The van der Waals surface area contributed by atoms with Gasteiger partial charge >= 0.3 is 0 Å². The van der Waals surface area contributed by atoms with Gasteiger partial charge in [0.15, 0.2) is 0 Å². The summed E-state index contributed by atoms with van der Waals surface area (Å²) in [5.41, 5.74) is 9.71. The SMILES string of the molecule is Cc1ccc(C(N)C(=O)NCc2ccc(CO)cc2)cc1. The quantitative estimate of drug-likeness (QED) is 0.783. The summed E-state index contributed by atoms with van der Waals surface area (Å²) in [5, 5.41) is 11.8. The zero-order chi connectivity index (χ0) is 15.2. The summed E-state index contributed by atoms with van der Waals surface area (Å²) < 4.78 is 0. The zero-order valence-electron chi connectivity index (χ0n) is 12.0. The van der Waals surface area contributed by atoms with Crippen LogP contribution in [-0.2, 0) is 17.9 Å². The lowest BCUT2D eigenvalue weighted by Crippen LogP contribution is -2.33. The van der Waals surface area contributed by atoms with Crippen LogP contribution in [0.1, 0.15) is 28.3 Å². The minimum atomic E-state index is -0.665. The number of aryl methyl sites for hydroxylation is 1. The maximum absolute atomic E-state index is 12.0. The van der Waals surface area contributed by atoms with Crippen LogP contribution in [0.4, 0.5) is 0 Å². The van der Waals surface area contributed by atoms with Crippen molar-refractivity contribution in [3.63, 3.8) is 0 Å². The summed E-state index contributed by atoms with van der Waals surface area (Å²) in [6.45, 7) is 2.43. The van der Waals surface area contributed by atoms with Gasteiger partial charge in [0.1, 0.15) is 6.04 Å². The lowest BCUT2D eigenvalue weighted by molar-refractivity contribution is -0.122. The molecule has 1 atom stereocenters. The van der Waals surface area contributed by atoms with Crippen LogP contribution in [0.25, 0.3) is 0 Å². The number of hydrogen-bond acceptors (Lipinski definition) is 3. The number of rotatable bonds is 5. The molecule has 0 saturated carbocycles. The van der Waals surface area contributed by atoms with Crippen LogP contribution >= 0.6 is 0 Å². The number of nitrogens with two attached hydrogens (primary N) is 1. The molecular weight excluding hydrogens is 264 g/mol. The van der Waals surface area contributed by atoms with E-state index in [2.05, 4.69) is 5.32 Å². The van der Waals surface area contributed by atoms with E-state index in [1.54, 1.807) is 0 Å². The number of amides is 1. The third kappa shape index (κ3) is 4.15. The first-order chi connectivity index (χ1) is 10.1. The molecule has 1 amide bonds. The van der Waals surface area contributed by atoms with Crippen LogP contribution in [0.15, 0.2) is 48.5 Å².